The van der Waals surface area contributed by atoms with Gasteiger partial charge in [-0.3, -0.25) is 15.0 Å². The third-order valence-corrected chi connectivity index (χ3v) is 3.82. The number of hydrogen-bond acceptors (Lipinski definition) is 4. The monoisotopic (exact) mass is 313 g/mol. The van der Waals surface area contributed by atoms with Gasteiger partial charge < -0.3 is 5.32 Å². The van der Waals surface area contributed by atoms with Gasteiger partial charge in [-0.25, -0.2) is 0 Å². The topological polar surface area (TPSA) is 58.4 Å². The van der Waals surface area contributed by atoms with Gasteiger partial charge in [-0.1, -0.05) is 17.7 Å². The summed E-state index contributed by atoms with van der Waals surface area (Å²) in [6, 6.07) is 5.71. The van der Waals surface area contributed by atoms with E-state index in [0.717, 1.165) is 13.1 Å². The maximum absolute atomic E-state index is 11.0. The van der Waals surface area contributed by atoms with Crippen LogP contribution in [0.25, 0.3) is 0 Å². The molecule has 21 heavy (non-hydrogen) atoms. The van der Waals surface area contributed by atoms with E-state index in [4.69, 9.17) is 11.6 Å². The summed E-state index contributed by atoms with van der Waals surface area (Å²) in [7, 11) is 0. The van der Waals surface area contributed by atoms with Gasteiger partial charge in [0.05, 0.1) is 15.5 Å². The van der Waals surface area contributed by atoms with Crippen molar-refractivity contribution in [2.45, 2.75) is 46.3 Å². The van der Waals surface area contributed by atoms with Crippen LogP contribution in [0.4, 0.5) is 5.69 Å². The van der Waals surface area contributed by atoms with Gasteiger partial charge in [0.1, 0.15) is 0 Å². The van der Waals surface area contributed by atoms with Crippen LogP contribution in [0.1, 0.15) is 33.3 Å². The molecule has 0 heterocycles. The molecule has 0 amide bonds. The molecule has 0 atom stereocenters. The number of halogens is 1. The Bertz CT molecular complexity index is 470. The highest BCUT2D eigenvalue weighted by molar-refractivity contribution is 6.31. The van der Waals surface area contributed by atoms with Gasteiger partial charge in [0, 0.05) is 37.8 Å². The second-order valence-electron chi connectivity index (χ2n) is 5.60. The first kappa shape index (κ1) is 17.9. The second-order valence-corrected chi connectivity index (χ2v) is 6.00. The predicted molar refractivity (Wildman–Crippen MR) is 86.8 cm³/mol. The van der Waals surface area contributed by atoms with Crippen LogP contribution in [0.3, 0.4) is 0 Å². The maximum atomic E-state index is 11.0. The molecule has 0 bridgehead atoms. The molecule has 1 aromatic rings. The van der Waals surface area contributed by atoms with Crippen LogP contribution in [-0.2, 0) is 6.54 Å². The molecule has 118 valence electrons. The number of nitro groups is 1. The van der Waals surface area contributed by atoms with E-state index >= 15 is 0 Å². The first-order chi connectivity index (χ1) is 9.84. The molecule has 1 rings (SSSR count). The summed E-state index contributed by atoms with van der Waals surface area (Å²) >= 11 is 6.06. The van der Waals surface area contributed by atoms with Crippen molar-refractivity contribution in [3.8, 4) is 0 Å². The standard InChI is InChI=1S/C15H24ClN3O2/c1-11(2)18(12(3)4)9-8-17-10-13-14(16)6-5-7-15(13)19(20)21/h5-7,11-12,17H,8-10H2,1-4H3. The molecule has 0 spiro atoms. The average molecular weight is 314 g/mol. The average Bonchev–Trinajstić information content (AvgIpc) is 2.38. The Kier molecular flexibility index (Phi) is 7.08. The Morgan fingerprint density at radius 1 is 1.29 bits per heavy atom. The van der Waals surface area contributed by atoms with Crippen LogP contribution in [0.5, 0.6) is 0 Å². The Hall–Kier alpha value is -1.17. The predicted octanol–water partition coefficient (Wildman–Crippen LogP) is 3.46. The van der Waals surface area contributed by atoms with Crippen molar-refractivity contribution in [3.63, 3.8) is 0 Å². The molecule has 0 fully saturated rings. The molecule has 1 aromatic carbocycles. The van der Waals surface area contributed by atoms with Crippen LogP contribution >= 0.6 is 11.6 Å². The number of nitro benzene ring substituents is 1. The molecule has 0 unspecified atom stereocenters. The number of rotatable bonds is 8. The third kappa shape index (κ3) is 5.26. The van der Waals surface area contributed by atoms with Crippen LogP contribution in [0.15, 0.2) is 18.2 Å². The molecule has 5 nitrogen and oxygen atoms in total. The maximum Gasteiger partial charge on any atom is 0.275 e. The molecule has 0 saturated carbocycles. The number of nitrogens with one attached hydrogen (secondary N) is 1. The minimum atomic E-state index is -0.391. The molecule has 0 aromatic heterocycles. The molecule has 0 aliphatic rings. The lowest BCUT2D eigenvalue weighted by molar-refractivity contribution is -0.385. The van der Waals surface area contributed by atoms with Gasteiger partial charge in [0.25, 0.3) is 5.69 Å². The van der Waals surface area contributed by atoms with Gasteiger partial charge in [-0.05, 0) is 33.8 Å². The summed E-state index contributed by atoms with van der Waals surface area (Å²) < 4.78 is 0. The Balaban J connectivity index is 2.59. The van der Waals surface area contributed by atoms with Crippen molar-refractivity contribution in [3.05, 3.63) is 38.9 Å². The van der Waals surface area contributed by atoms with Crippen molar-refractivity contribution >= 4 is 17.3 Å². The van der Waals surface area contributed by atoms with Gasteiger partial charge in [-0.15, -0.1) is 0 Å². The quantitative estimate of drug-likeness (QED) is 0.453. The fourth-order valence-corrected chi connectivity index (χ4v) is 2.66. The summed E-state index contributed by atoms with van der Waals surface area (Å²) in [5.74, 6) is 0. The molecule has 1 N–H and O–H groups in total. The fourth-order valence-electron chi connectivity index (χ4n) is 2.43. The van der Waals surface area contributed by atoms with E-state index in [9.17, 15) is 10.1 Å². The Morgan fingerprint density at radius 3 is 2.43 bits per heavy atom. The molecule has 6 heteroatoms. The molecular weight excluding hydrogens is 290 g/mol. The SMILES string of the molecule is CC(C)N(CCNCc1c(Cl)cccc1[N+](=O)[O-])C(C)C. The van der Waals surface area contributed by atoms with E-state index < -0.39 is 4.92 Å². The van der Waals surface area contributed by atoms with Gasteiger partial charge in [0.15, 0.2) is 0 Å². The van der Waals surface area contributed by atoms with Crippen molar-refractivity contribution in [1.29, 1.82) is 0 Å². The van der Waals surface area contributed by atoms with E-state index in [0.29, 0.717) is 29.2 Å². The molecule has 0 saturated heterocycles. The van der Waals surface area contributed by atoms with Gasteiger partial charge in [0.2, 0.25) is 0 Å². The van der Waals surface area contributed by atoms with Crippen LogP contribution in [0.2, 0.25) is 5.02 Å². The van der Waals surface area contributed by atoms with E-state index in [-0.39, 0.29) is 5.69 Å². The summed E-state index contributed by atoms with van der Waals surface area (Å²) in [6.07, 6.45) is 0. The molecule has 0 aliphatic heterocycles. The zero-order valence-corrected chi connectivity index (χ0v) is 13.9. The first-order valence-electron chi connectivity index (χ1n) is 7.22. The smallest absolute Gasteiger partial charge is 0.275 e. The highest BCUT2D eigenvalue weighted by Gasteiger charge is 2.16. The number of hydrogen-bond donors (Lipinski definition) is 1. The summed E-state index contributed by atoms with van der Waals surface area (Å²) in [4.78, 5) is 13.0. The highest BCUT2D eigenvalue weighted by Crippen LogP contribution is 2.25. The minimum Gasteiger partial charge on any atom is -0.311 e. The zero-order chi connectivity index (χ0) is 16.0. The summed E-state index contributed by atoms with van der Waals surface area (Å²) in [6.45, 7) is 10.7. The van der Waals surface area contributed by atoms with Crippen molar-refractivity contribution < 1.29 is 4.92 Å². The lowest BCUT2D eigenvalue weighted by Crippen LogP contribution is -2.41. The van der Waals surface area contributed by atoms with Gasteiger partial charge >= 0.3 is 0 Å². The van der Waals surface area contributed by atoms with Crippen LogP contribution < -0.4 is 5.32 Å². The van der Waals surface area contributed by atoms with E-state index in [2.05, 4.69) is 37.9 Å². The van der Waals surface area contributed by atoms with E-state index in [1.165, 1.54) is 6.07 Å². The minimum absolute atomic E-state index is 0.0691. The van der Waals surface area contributed by atoms with Crippen molar-refractivity contribution in [2.24, 2.45) is 0 Å². The highest BCUT2D eigenvalue weighted by atomic mass is 35.5. The lowest BCUT2D eigenvalue weighted by Gasteiger charge is -2.30. The molecular formula is C15H24ClN3O2. The molecule has 0 aliphatic carbocycles. The lowest BCUT2D eigenvalue weighted by atomic mass is 10.1. The third-order valence-electron chi connectivity index (χ3n) is 3.47. The summed E-state index contributed by atoms with van der Waals surface area (Å²) in [5.41, 5.74) is 0.615. The van der Waals surface area contributed by atoms with Crippen molar-refractivity contribution in [2.75, 3.05) is 13.1 Å². The Labute approximate surface area is 131 Å². The van der Waals surface area contributed by atoms with Gasteiger partial charge in [-0.2, -0.15) is 0 Å². The summed E-state index contributed by atoms with van der Waals surface area (Å²) in [5, 5.41) is 14.7. The van der Waals surface area contributed by atoms with E-state index in [1.54, 1.807) is 12.1 Å². The number of benzene rings is 1. The largest absolute Gasteiger partial charge is 0.311 e. The first-order valence-corrected chi connectivity index (χ1v) is 7.60. The van der Waals surface area contributed by atoms with Crippen LogP contribution in [-0.4, -0.2) is 35.0 Å². The second kappa shape index (κ2) is 8.32. The van der Waals surface area contributed by atoms with E-state index in [1.807, 2.05) is 0 Å². The van der Waals surface area contributed by atoms with Crippen molar-refractivity contribution in [1.82, 2.24) is 10.2 Å². The van der Waals surface area contributed by atoms with Crippen LogP contribution in [0, 0.1) is 10.1 Å². The Morgan fingerprint density at radius 2 is 1.90 bits per heavy atom. The fraction of sp³-hybridized carbons (Fsp3) is 0.600. The molecule has 0 radical (unpaired) electrons. The number of nitrogens with zero attached hydrogens (tertiary/aromatic N) is 2. The zero-order valence-electron chi connectivity index (χ0n) is 13.1. The normalized spacial score (nSPS) is 11.6.